The number of ether oxygens (including phenoxy) is 4. The first-order valence-electron chi connectivity index (χ1n) is 8.60. The molecule has 2 aromatic carbocycles. The lowest BCUT2D eigenvalue weighted by Gasteiger charge is -2.07. The summed E-state index contributed by atoms with van der Waals surface area (Å²) in [7, 11) is 6.29. The fourth-order valence-corrected chi connectivity index (χ4v) is 2.53. The number of hydrogen-bond acceptors (Lipinski definition) is 9. The van der Waals surface area contributed by atoms with Gasteiger partial charge < -0.3 is 28.3 Å². The van der Waals surface area contributed by atoms with Gasteiger partial charge in [-0.3, -0.25) is 0 Å². The van der Waals surface area contributed by atoms with Crippen molar-refractivity contribution in [3.05, 3.63) is 47.9 Å². The molecule has 0 aliphatic heterocycles. The Labute approximate surface area is 167 Å². The van der Waals surface area contributed by atoms with Crippen LogP contribution in [-0.2, 0) is 11.4 Å². The molecule has 0 amide bonds. The molecule has 0 aliphatic carbocycles. The largest absolute Gasteiger partial charge is 0.497 e. The van der Waals surface area contributed by atoms with Gasteiger partial charge in [-0.1, -0.05) is 10.3 Å². The van der Waals surface area contributed by atoms with Crippen molar-refractivity contribution in [3.8, 4) is 34.4 Å². The van der Waals surface area contributed by atoms with Crippen LogP contribution in [0, 0.1) is 0 Å². The third-order valence-corrected chi connectivity index (χ3v) is 3.99. The second kappa shape index (κ2) is 9.45. The summed E-state index contributed by atoms with van der Waals surface area (Å²) in [4.78, 5) is 9.55. The molecule has 0 atom stereocenters. The molecule has 0 spiro atoms. The van der Waals surface area contributed by atoms with Crippen LogP contribution >= 0.6 is 0 Å². The third-order valence-electron chi connectivity index (χ3n) is 3.99. The maximum atomic E-state index is 5.36. The number of benzene rings is 2. The predicted molar refractivity (Wildman–Crippen MR) is 105 cm³/mol. The minimum atomic E-state index is 0.0231. The second-order valence-corrected chi connectivity index (χ2v) is 5.70. The fourth-order valence-electron chi connectivity index (χ4n) is 2.53. The number of hydrogen-bond donors (Lipinski definition) is 0. The van der Waals surface area contributed by atoms with Crippen LogP contribution in [0.25, 0.3) is 11.4 Å². The molecule has 0 fully saturated rings. The van der Waals surface area contributed by atoms with Gasteiger partial charge >= 0.3 is 0 Å². The number of nitrogens with zero attached hydrogens (tertiary/aromatic N) is 3. The van der Waals surface area contributed by atoms with Gasteiger partial charge in [0.1, 0.15) is 11.5 Å². The molecule has 0 aliphatic rings. The van der Waals surface area contributed by atoms with Crippen LogP contribution in [0.15, 0.2) is 46.1 Å². The van der Waals surface area contributed by atoms with E-state index in [4.69, 9.17) is 28.3 Å². The average Bonchev–Trinajstić information content (AvgIpc) is 3.24. The second-order valence-electron chi connectivity index (χ2n) is 5.70. The summed E-state index contributed by atoms with van der Waals surface area (Å²) in [6, 6.07) is 10.7. The molecule has 3 aromatic rings. The van der Waals surface area contributed by atoms with Gasteiger partial charge in [0.2, 0.25) is 5.82 Å². The summed E-state index contributed by atoms with van der Waals surface area (Å²) in [5.41, 5.74) is 1.47. The summed E-state index contributed by atoms with van der Waals surface area (Å²) in [6.45, 7) is 0.0231. The molecule has 0 saturated heterocycles. The number of methoxy groups -OCH3 is 4. The lowest BCUT2D eigenvalue weighted by molar-refractivity contribution is 0.107. The molecule has 29 heavy (non-hydrogen) atoms. The smallest absolute Gasteiger partial charge is 0.267 e. The highest BCUT2D eigenvalue weighted by atomic mass is 16.6. The van der Waals surface area contributed by atoms with Crippen LogP contribution in [0.5, 0.6) is 23.0 Å². The van der Waals surface area contributed by atoms with Gasteiger partial charge in [-0.2, -0.15) is 4.98 Å². The molecular formula is C20H21N3O6. The van der Waals surface area contributed by atoms with Gasteiger partial charge in [-0.05, 0) is 30.3 Å². The Hall–Kier alpha value is -3.75. The molecule has 0 saturated carbocycles. The van der Waals surface area contributed by atoms with Crippen molar-refractivity contribution in [2.45, 2.75) is 6.61 Å². The zero-order valence-electron chi connectivity index (χ0n) is 16.5. The van der Waals surface area contributed by atoms with Crippen LogP contribution < -0.4 is 18.9 Å². The van der Waals surface area contributed by atoms with Crippen molar-refractivity contribution in [1.82, 2.24) is 10.1 Å². The van der Waals surface area contributed by atoms with E-state index in [1.54, 1.807) is 65.0 Å². The van der Waals surface area contributed by atoms with Crippen molar-refractivity contribution in [3.63, 3.8) is 0 Å². The van der Waals surface area contributed by atoms with E-state index in [2.05, 4.69) is 15.3 Å². The molecule has 1 aromatic heterocycles. The first-order chi connectivity index (χ1) is 14.2. The zero-order valence-corrected chi connectivity index (χ0v) is 16.5. The van der Waals surface area contributed by atoms with Gasteiger partial charge in [0.25, 0.3) is 5.89 Å². The van der Waals surface area contributed by atoms with Gasteiger partial charge in [0.05, 0.1) is 40.2 Å². The highest BCUT2D eigenvalue weighted by Gasteiger charge is 2.14. The van der Waals surface area contributed by atoms with Crippen LogP contribution in [-0.4, -0.2) is 44.8 Å². The lowest BCUT2D eigenvalue weighted by Crippen LogP contribution is -1.93. The van der Waals surface area contributed by atoms with E-state index >= 15 is 0 Å². The molecule has 0 N–H and O–H groups in total. The van der Waals surface area contributed by atoms with E-state index in [0.717, 1.165) is 5.56 Å². The van der Waals surface area contributed by atoms with E-state index in [-0.39, 0.29) is 12.5 Å². The zero-order chi connectivity index (χ0) is 20.6. The van der Waals surface area contributed by atoms with Crippen LogP contribution in [0.2, 0.25) is 0 Å². The lowest BCUT2D eigenvalue weighted by atomic mass is 10.2. The highest BCUT2D eigenvalue weighted by Crippen LogP contribution is 2.31. The Balaban J connectivity index is 1.63. The van der Waals surface area contributed by atoms with Crippen molar-refractivity contribution < 1.29 is 28.3 Å². The molecule has 152 valence electrons. The summed E-state index contributed by atoms with van der Waals surface area (Å²) in [6.07, 6.45) is 1.55. The van der Waals surface area contributed by atoms with Crippen molar-refractivity contribution >= 4 is 6.21 Å². The van der Waals surface area contributed by atoms with E-state index in [1.807, 2.05) is 6.07 Å². The van der Waals surface area contributed by atoms with E-state index in [0.29, 0.717) is 34.4 Å². The predicted octanol–water partition coefficient (Wildman–Crippen LogP) is 3.32. The molecular weight excluding hydrogens is 378 g/mol. The van der Waals surface area contributed by atoms with Gasteiger partial charge in [-0.25, -0.2) is 0 Å². The van der Waals surface area contributed by atoms with Gasteiger partial charge in [-0.15, -0.1) is 0 Å². The normalized spacial score (nSPS) is 10.8. The van der Waals surface area contributed by atoms with E-state index < -0.39 is 0 Å². The highest BCUT2D eigenvalue weighted by molar-refractivity contribution is 5.80. The number of oxime groups is 1. The summed E-state index contributed by atoms with van der Waals surface area (Å²) in [5, 5.41) is 7.88. The Morgan fingerprint density at radius 2 is 1.69 bits per heavy atom. The standard InChI is InChI=1S/C20H21N3O6/c1-24-14-6-7-15(17(10-14)26-3)20-22-19(29-23-20)12-28-21-11-13-5-8-16(25-2)18(9-13)27-4/h5-11H,12H2,1-4H3/b21-11-. The van der Waals surface area contributed by atoms with Crippen molar-refractivity contribution in [2.75, 3.05) is 28.4 Å². The third kappa shape index (κ3) is 4.75. The minimum absolute atomic E-state index is 0.0231. The average molecular weight is 399 g/mol. The molecule has 3 rings (SSSR count). The quantitative estimate of drug-likeness (QED) is 0.399. The molecule has 9 heteroatoms. The van der Waals surface area contributed by atoms with Crippen molar-refractivity contribution in [2.24, 2.45) is 5.16 Å². The van der Waals surface area contributed by atoms with E-state index in [1.165, 1.54) is 0 Å². The Morgan fingerprint density at radius 1 is 0.897 bits per heavy atom. The summed E-state index contributed by atoms with van der Waals surface area (Å²) >= 11 is 0. The molecule has 0 bridgehead atoms. The van der Waals surface area contributed by atoms with Crippen molar-refractivity contribution in [1.29, 1.82) is 0 Å². The number of aromatic nitrogens is 2. The molecule has 0 unspecified atom stereocenters. The monoisotopic (exact) mass is 399 g/mol. The summed E-state index contributed by atoms with van der Waals surface area (Å²) in [5.74, 6) is 3.14. The molecule has 0 radical (unpaired) electrons. The van der Waals surface area contributed by atoms with Crippen LogP contribution in [0.1, 0.15) is 11.5 Å². The Morgan fingerprint density at radius 3 is 2.41 bits per heavy atom. The molecule has 1 heterocycles. The molecule has 9 nitrogen and oxygen atoms in total. The number of rotatable bonds is 9. The Kier molecular flexibility index (Phi) is 6.51. The van der Waals surface area contributed by atoms with E-state index in [9.17, 15) is 0 Å². The maximum absolute atomic E-state index is 5.36. The van der Waals surface area contributed by atoms with Crippen LogP contribution in [0.3, 0.4) is 0 Å². The Bertz CT molecular complexity index is 986. The van der Waals surface area contributed by atoms with Gasteiger partial charge in [0.15, 0.2) is 18.1 Å². The topological polar surface area (TPSA) is 97.4 Å². The first-order valence-corrected chi connectivity index (χ1v) is 8.60. The fraction of sp³-hybridized carbons (Fsp3) is 0.250. The summed E-state index contributed by atoms with van der Waals surface area (Å²) < 4.78 is 26.2. The minimum Gasteiger partial charge on any atom is -0.497 e. The van der Waals surface area contributed by atoms with Crippen LogP contribution in [0.4, 0.5) is 0 Å². The maximum Gasteiger partial charge on any atom is 0.267 e. The SMILES string of the molecule is COc1ccc(-c2noc(CO/N=C\c3ccc(OC)c(OC)c3)n2)c(OC)c1. The van der Waals surface area contributed by atoms with Gasteiger partial charge in [0, 0.05) is 11.6 Å². The first kappa shape index (κ1) is 20.0.